The zero-order valence-electron chi connectivity index (χ0n) is 12.0. The third-order valence-corrected chi connectivity index (χ3v) is 3.96. The Morgan fingerprint density at radius 2 is 2.32 bits per heavy atom. The molecule has 1 saturated heterocycles. The number of nitrogens with one attached hydrogen (secondary N) is 2. The Bertz CT molecular complexity index is 767. The van der Waals surface area contributed by atoms with Crippen LogP contribution >= 0.6 is 0 Å². The summed E-state index contributed by atoms with van der Waals surface area (Å²) in [5, 5.41) is 7.87. The zero-order chi connectivity index (χ0) is 14.9. The van der Waals surface area contributed by atoms with E-state index in [2.05, 4.69) is 30.0 Å². The van der Waals surface area contributed by atoms with Crippen LogP contribution in [0.25, 0.3) is 22.2 Å². The molecule has 0 aliphatic carbocycles. The van der Waals surface area contributed by atoms with Crippen molar-refractivity contribution < 1.29 is 4.74 Å². The molecule has 114 valence electrons. The van der Waals surface area contributed by atoms with E-state index in [4.69, 9.17) is 10.5 Å². The van der Waals surface area contributed by atoms with Gasteiger partial charge in [0, 0.05) is 43.2 Å². The van der Waals surface area contributed by atoms with Crippen molar-refractivity contribution in [1.29, 1.82) is 0 Å². The van der Waals surface area contributed by atoms with Crippen LogP contribution in [-0.4, -0.2) is 57.5 Å². The molecule has 4 N–H and O–H groups in total. The highest BCUT2D eigenvalue weighted by molar-refractivity contribution is 6.00. The van der Waals surface area contributed by atoms with Crippen molar-refractivity contribution >= 4 is 16.9 Å². The molecule has 0 bridgehead atoms. The Morgan fingerprint density at radius 1 is 1.36 bits per heavy atom. The summed E-state index contributed by atoms with van der Waals surface area (Å²) in [6.45, 7) is 2.68. The number of nitrogens with two attached hydrogens (primary N) is 1. The number of morpholine rings is 1. The molecule has 4 heterocycles. The summed E-state index contributed by atoms with van der Waals surface area (Å²) in [7, 11) is 0. The van der Waals surface area contributed by atoms with E-state index < -0.39 is 0 Å². The van der Waals surface area contributed by atoms with Gasteiger partial charge in [0.05, 0.1) is 24.3 Å². The second kappa shape index (κ2) is 5.39. The highest BCUT2D eigenvalue weighted by atomic mass is 16.5. The predicted octanol–water partition coefficient (Wildman–Crippen LogP) is 0.512. The number of hydrogen-bond acceptors (Lipinski definition) is 6. The summed E-state index contributed by atoms with van der Waals surface area (Å²) in [5.41, 5.74) is 8.60. The van der Waals surface area contributed by atoms with E-state index in [-0.39, 0.29) is 6.10 Å². The molecule has 1 aliphatic heterocycles. The molecule has 0 aromatic carbocycles. The Morgan fingerprint density at radius 3 is 3.14 bits per heavy atom. The number of ether oxygens (including phenoxy) is 1. The number of nitrogens with zero attached hydrogens (tertiary/aromatic N) is 4. The van der Waals surface area contributed by atoms with Crippen molar-refractivity contribution in [3.8, 4) is 11.1 Å². The summed E-state index contributed by atoms with van der Waals surface area (Å²) in [5.74, 6) is 0.907. The molecule has 22 heavy (non-hydrogen) atoms. The van der Waals surface area contributed by atoms with E-state index in [9.17, 15) is 0 Å². The largest absolute Gasteiger partial charge is 0.373 e. The number of H-pyrrole nitrogens is 2. The van der Waals surface area contributed by atoms with Crippen molar-refractivity contribution in [2.24, 2.45) is 5.73 Å². The monoisotopic (exact) mass is 299 g/mol. The normalized spacial score (nSPS) is 19.0. The van der Waals surface area contributed by atoms with Gasteiger partial charge in [-0.2, -0.15) is 5.10 Å². The van der Waals surface area contributed by atoms with Gasteiger partial charge in [-0.25, -0.2) is 9.97 Å². The maximum absolute atomic E-state index is 5.74. The van der Waals surface area contributed by atoms with E-state index in [0.29, 0.717) is 13.2 Å². The molecule has 1 atom stereocenters. The van der Waals surface area contributed by atoms with Gasteiger partial charge in [-0.1, -0.05) is 0 Å². The summed E-state index contributed by atoms with van der Waals surface area (Å²) in [6.07, 6.45) is 7.22. The highest BCUT2D eigenvalue weighted by Gasteiger charge is 2.24. The predicted molar refractivity (Wildman–Crippen MR) is 82.5 cm³/mol. The third kappa shape index (κ3) is 2.13. The molecule has 4 rings (SSSR count). The average Bonchev–Trinajstić information content (AvgIpc) is 3.23. The molecule has 3 aromatic rings. The minimum absolute atomic E-state index is 0.0371. The molecule has 3 aromatic heterocycles. The van der Waals surface area contributed by atoms with Gasteiger partial charge in [0.1, 0.15) is 17.8 Å². The average molecular weight is 299 g/mol. The molecule has 1 unspecified atom stereocenters. The van der Waals surface area contributed by atoms with E-state index in [0.717, 1.165) is 41.1 Å². The number of aromatic nitrogens is 5. The molecular formula is C14H17N7O. The highest BCUT2D eigenvalue weighted by Crippen LogP contribution is 2.33. The quantitative estimate of drug-likeness (QED) is 0.650. The van der Waals surface area contributed by atoms with Crippen LogP contribution in [0.1, 0.15) is 0 Å². The van der Waals surface area contributed by atoms with Gasteiger partial charge in [-0.3, -0.25) is 5.10 Å². The van der Waals surface area contributed by atoms with Gasteiger partial charge in [-0.05, 0) is 0 Å². The van der Waals surface area contributed by atoms with Gasteiger partial charge < -0.3 is 20.4 Å². The van der Waals surface area contributed by atoms with Gasteiger partial charge in [0.15, 0.2) is 0 Å². The fourth-order valence-electron chi connectivity index (χ4n) is 2.87. The Hall–Kier alpha value is -2.45. The number of anilines is 1. The van der Waals surface area contributed by atoms with Gasteiger partial charge in [0.25, 0.3) is 0 Å². The smallest absolute Gasteiger partial charge is 0.143 e. The van der Waals surface area contributed by atoms with Crippen LogP contribution in [0, 0.1) is 0 Å². The van der Waals surface area contributed by atoms with Crippen LogP contribution in [0.15, 0.2) is 24.9 Å². The summed E-state index contributed by atoms with van der Waals surface area (Å²) < 4.78 is 5.64. The lowest BCUT2D eigenvalue weighted by Gasteiger charge is -2.33. The maximum atomic E-state index is 5.74. The molecule has 0 amide bonds. The molecule has 8 nitrogen and oxygen atoms in total. The first-order valence-corrected chi connectivity index (χ1v) is 7.24. The van der Waals surface area contributed by atoms with Crippen LogP contribution in [0.2, 0.25) is 0 Å². The lowest BCUT2D eigenvalue weighted by atomic mass is 10.1. The molecule has 0 radical (unpaired) electrons. The minimum atomic E-state index is 0.0371. The maximum Gasteiger partial charge on any atom is 0.143 e. The Balaban J connectivity index is 1.82. The second-order valence-corrected chi connectivity index (χ2v) is 5.28. The Labute approximate surface area is 126 Å². The molecule has 0 spiro atoms. The fourth-order valence-corrected chi connectivity index (χ4v) is 2.87. The summed E-state index contributed by atoms with van der Waals surface area (Å²) >= 11 is 0. The number of rotatable bonds is 3. The molecule has 1 fully saturated rings. The van der Waals surface area contributed by atoms with Crippen molar-refractivity contribution in [3.05, 3.63) is 24.9 Å². The van der Waals surface area contributed by atoms with Crippen LogP contribution in [0.3, 0.4) is 0 Å². The summed E-state index contributed by atoms with van der Waals surface area (Å²) in [4.78, 5) is 14.3. The number of hydrogen-bond donors (Lipinski definition) is 3. The van der Waals surface area contributed by atoms with Gasteiger partial charge in [0.2, 0.25) is 0 Å². The topological polar surface area (TPSA) is 109 Å². The molecule has 8 heteroatoms. The first kappa shape index (κ1) is 13.2. The van der Waals surface area contributed by atoms with Crippen molar-refractivity contribution in [3.63, 3.8) is 0 Å². The second-order valence-electron chi connectivity index (χ2n) is 5.28. The van der Waals surface area contributed by atoms with Crippen LogP contribution in [0.5, 0.6) is 0 Å². The van der Waals surface area contributed by atoms with Crippen LogP contribution in [-0.2, 0) is 4.74 Å². The molecular weight excluding hydrogens is 282 g/mol. The number of fused-ring (bicyclic) bond motifs is 1. The van der Waals surface area contributed by atoms with Crippen molar-refractivity contribution in [2.75, 3.05) is 31.1 Å². The SMILES string of the molecule is NCC1CN(c2ncnc3[nH]cc(-c4cn[nH]c4)c23)CCO1. The first-order chi connectivity index (χ1) is 10.9. The Kier molecular flexibility index (Phi) is 3.24. The lowest BCUT2D eigenvalue weighted by Crippen LogP contribution is -2.46. The van der Waals surface area contributed by atoms with Crippen LogP contribution in [0.4, 0.5) is 5.82 Å². The molecule has 1 aliphatic rings. The minimum Gasteiger partial charge on any atom is -0.373 e. The molecule has 0 saturated carbocycles. The van der Waals surface area contributed by atoms with E-state index >= 15 is 0 Å². The fraction of sp³-hybridized carbons (Fsp3) is 0.357. The third-order valence-electron chi connectivity index (χ3n) is 3.96. The lowest BCUT2D eigenvalue weighted by molar-refractivity contribution is 0.0464. The first-order valence-electron chi connectivity index (χ1n) is 7.24. The zero-order valence-corrected chi connectivity index (χ0v) is 12.0. The van der Waals surface area contributed by atoms with E-state index in [1.165, 1.54) is 0 Å². The number of aromatic amines is 2. The van der Waals surface area contributed by atoms with E-state index in [1.807, 2.05) is 12.4 Å². The van der Waals surface area contributed by atoms with Crippen molar-refractivity contribution in [2.45, 2.75) is 6.10 Å². The van der Waals surface area contributed by atoms with Crippen LogP contribution < -0.4 is 10.6 Å². The van der Waals surface area contributed by atoms with E-state index in [1.54, 1.807) is 12.5 Å². The standard InChI is InChI=1S/C14H17N7O/c15-3-10-7-21(1-2-22-10)14-12-11(9-4-19-20-5-9)6-16-13(12)17-8-18-14/h4-6,8,10H,1-3,7,15H2,(H,19,20)(H,16,17,18). The summed E-state index contributed by atoms with van der Waals surface area (Å²) in [6, 6.07) is 0. The van der Waals surface area contributed by atoms with Gasteiger partial charge >= 0.3 is 0 Å². The van der Waals surface area contributed by atoms with Gasteiger partial charge in [-0.15, -0.1) is 0 Å². The van der Waals surface area contributed by atoms with Crippen molar-refractivity contribution in [1.82, 2.24) is 25.1 Å².